The average molecular weight is 415 g/mol. The highest BCUT2D eigenvalue weighted by Crippen LogP contribution is 2.25. The monoisotopic (exact) mass is 414 g/mol. The van der Waals surface area contributed by atoms with Crippen molar-refractivity contribution in [2.45, 2.75) is 23.5 Å². The van der Waals surface area contributed by atoms with Gasteiger partial charge in [0.15, 0.2) is 19.7 Å². The summed E-state index contributed by atoms with van der Waals surface area (Å²) in [7, 11) is -7.04. The lowest BCUT2D eigenvalue weighted by molar-refractivity contribution is -0.130. The molecule has 2 aliphatic heterocycles. The normalized spacial score (nSPS) is 22.6. The van der Waals surface area contributed by atoms with Crippen molar-refractivity contribution in [2.75, 3.05) is 37.7 Å². The molecule has 1 aromatic carbocycles. The molecule has 2 aliphatic rings. The molecule has 10 heteroatoms. The van der Waals surface area contributed by atoms with Crippen LogP contribution in [0, 0.1) is 0 Å². The Kier molecular flexibility index (Phi) is 5.31. The van der Waals surface area contributed by atoms with Gasteiger partial charge in [0.05, 0.1) is 21.7 Å². The molecule has 0 saturated carbocycles. The van der Waals surface area contributed by atoms with Crippen molar-refractivity contribution in [2.24, 2.45) is 0 Å². The maximum absolute atomic E-state index is 12.6. The Labute approximate surface area is 159 Å². The summed E-state index contributed by atoms with van der Waals surface area (Å²) in [6, 6.07) is 5.63. The van der Waals surface area contributed by atoms with Gasteiger partial charge >= 0.3 is 0 Å². The summed E-state index contributed by atoms with van der Waals surface area (Å²) in [5, 5.41) is -0.927. The quantitative estimate of drug-likeness (QED) is 0.686. The summed E-state index contributed by atoms with van der Waals surface area (Å²) < 4.78 is 48.3. The molecule has 2 saturated heterocycles. The van der Waals surface area contributed by atoms with Crippen LogP contribution in [-0.2, 0) is 24.5 Å². The van der Waals surface area contributed by atoms with E-state index in [0.29, 0.717) is 31.7 Å². The van der Waals surface area contributed by atoms with Crippen molar-refractivity contribution in [1.29, 1.82) is 0 Å². The molecular weight excluding hydrogens is 392 g/mol. The molecule has 2 fully saturated rings. The first-order valence-corrected chi connectivity index (χ1v) is 12.1. The summed E-state index contributed by atoms with van der Waals surface area (Å²) in [6.45, 7) is 3.30. The van der Waals surface area contributed by atoms with Gasteiger partial charge in [-0.15, -0.1) is 0 Å². The molecule has 1 atom stereocenters. The van der Waals surface area contributed by atoms with Gasteiger partial charge in [-0.2, -0.15) is 0 Å². The molecule has 2 amide bonds. The number of piperazine rings is 1. The molecule has 0 aliphatic carbocycles. The van der Waals surface area contributed by atoms with Crippen molar-refractivity contribution < 1.29 is 26.4 Å². The Morgan fingerprint density at radius 3 is 2.04 bits per heavy atom. The lowest BCUT2D eigenvalue weighted by Crippen LogP contribution is -2.50. The van der Waals surface area contributed by atoms with Gasteiger partial charge in [0.2, 0.25) is 5.91 Å². The number of benzene rings is 1. The van der Waals surface area contributed by atoms with Gasteiger partial charge in [-0.1, -0.05) is 0 Å². The Morgan fingerprint density at radius 1 is 1.00 bits per heavy atom. The van der Waals surface area contributed by atoms with Crippen LogP contribution >= 0.6 is 0 Å². The maximum atomic E-state index is 12.6. The first kappa shape index (κ1) is 19.8. The average Bonchev–Trinajstić information content (AvgIpc) is 3.02. The number of carbonyl (C=O) groups is 2. The lowest BCUT2D eigenvalue weighted by atomic mass is 10.2. The number of hydrogen-bond donors (Lipinski definition) is 0. The molecule has 3 rings (SSSR count). The Balaban J connectivity index is 1.70. The minimum absolute atomic E-state index is 0.0226. The molecule has 2 heterocycles. The van der Waals surface area contributed by atoms with Gasteiger partial charge < -0.3 is 9.80 Å². The van der Waals surface area contributed by atoms with E-state index in [1.807, 2.05) is 0 Å². The second-order valence-corrected chi connectivity index (χ2v) is 11.3. The van der Waals surface area contributed by atoms with Crippen LogP contribution in [0.4, 0.5) is 0 Å². The van der Waals surface area contributed by atoms with E-state index in [0.717, 1.165) is 0 Å². The largest absolute Gasteiger partial charge is 0.339 e. The Hall–Kier alpha value is -1.94. The number of nitrogens with zero attached hydrogens (tertiary/aromatic N) is 2. The molecule has 0 bridgehead atoms. The van der Waals surface area contributed by atoms with Gasteiger partial charge in [-0.05, 0) is 30.7 Å². The third-order valence-corrected chi connectivity index (χ3v) is 9.26. The van der Waals surface area contributed by atoms with Crippen LogP contribution in [0.2, 0.25) is 0 Å². The van der Waals surface area contributed by atoms with Crippen molar-refractivity contribution in [3.8, 4) is 0 Å². The molecule has 27 heavy (non-hydrogen) atoms. The highest BCUT2D eigenvalue weighted by molar-refractivity contribution is 7.96. The Bertz CT molecular complexity index is 946. The topological polar surface area (TPSA) is 109 Å². The molecule has 0 N–H and O–H groups in total. The van der Waals surface area contributed by atoms with E-state index in [1.54, 1.807) is 9.80 Å². The first-order valence-electron chi connectivity index (χ1n) is 8.69. The van der Waals surface area contributed by atoms with Crippen molar-refractivity contribution in [1.82, 2.24) is 9.80 Å². The number of rotatable bonds is 3. The number of amides is 2. The molecule has 8 nitrogen and oxygen atoms in total. The molecule has 0 spiro atoms. The summed E-state index contributed by atoms with van der Waals surface area (Å²) >= 11 is 0. The zero-order chi connectivity index (χ0) is 19.8. The number of hydrogen-bond acceptors (Lipinski definition) is 6. The second-order valence-electron chi connectivity index (χ2n) is 6.89. The summed E-state index contributed by atoms with van der Waals surface area (Å²) in [5.41, 5.74) is 0.365. The van der Waals surface area contributed by atoms with Gasteiger partial charge in [0, 0.05) is 38.7 Å². The van der Waals surface area contributed by atoms with E-state index in [4.69, 9.17) is 0 Å². The third-order valence-electron chi connectivity index (χ3n) is 5.07. The summed E-state index contributed by atoms with van der Waals surface area (Å²) in [4.78, 5) is 27.3. The lowest BCUT2D eigenvalue weighted by Gasteiger charge is -2.34. The predicted molar refractivity (Wildman–Crippen MR) is 98.8 cm³/mol. The van der Waals surface area contributed by atoms with Gasteiger partial charge in [0.1, 0.15) is 0 Å². The standard InChI is InChI=1S/C17H22N2O6S2/c1-13(20)18-7-9-19(10-8-18)17(21)14-2-4-15(5-3-14)27(24,25)16-6-11-26(22,23)12-16/h2-5,16H,6-12H2,1H3. The van der Waals surface area contributed by atoms with Crippen LogP contribution < -0.4 is 0 Å². The van der Waals surface area contributed by atoms with E-state index in [-0.39, 0.29) is 34.6 Å². The van der Waals surface area contributed by atoms with Crippen LogP contribution in [0.25, 0.3) is 0 Å². The van der Waals surface area contributed by atoms with E-state index in [1.165, 1.54) is 31.2 Å². The van der Waals surface area contributed by atoms with Crippen LogP contribution in [0.1, 0.15) is 23.7 Å². The fourth-order valence-corrected chi connectivity index (χ4v) is 7.75. The highest BCUT2D eigenvalue weighted by Gasteiger charge is 2.38. The van der Waals surface area contributed by atoms with Crippen LogP contribution in [0.15, 0.2) is 29.2 Å². The Morgan fingerprint density at radius 2 is 1.56 bits per heavy atom. The number of sulfone groups is 2. The van der Waals surface area contributed by atoms with Gasteiger partial charge in [0.25, 0.3) is 5.91 Å². The smallest absolute Gasteiger partial charge is 0.253 e. The first-order chi connectivity index (χ1) is 12.6. The zero-order valence-corrected chi connectivity index (χ0v) is 16.6. The van der Waals surface area contributed by atoms with Crippen molar-refractivity contribution >= 4 is 31.5 Å². The van der Waals surface area contributed by atoms with Crippen LogP contribution in [0.3, 0.4) is 0 Å². The minimum Gasteiger partial charge on any atom is -0.339 e. The zero-order valence-electron chi connectivity index (χ0n) is 15.0. The second kappa shape index (κ2) is 7.23. The fourth-order valence-electron chi connectivity index (χ4n) is 3.39. The van der Waals surface area contributed by atoms with Crippen molar-refractivity contribution in [3.63, 3.8) is 0 Å². The van der Waals surface area contributed by atoms with E-state index in [2.05, 4.69) is 0 Å². The molecule has 1 aromatic rings. The van der Waals surface area contributed by atoms with Crippen LogP contribution in [-0.4, -0.2) is 81.4 Å². The van der Waals surface area contributed by atoms with Crippen LogP contribution in [0.5, 0.6) is 0 Å². The highest BCUT2D eigenvalue weighted by atomic mass is 32.2. The summed E-state index contributed by atoms with van der Waals surface area (Å²) in [5.74, 6) is -0.702. The van der Waals surface area contributed by atoms with Gasteiger partial charge in [-0.3, -0.25) is 9.59 Å². The number of carbonyl (C=O) groups excluding carboxylic acids is 2. The molecule has 1 unspecified atom stereocenters. The SMILES string of the molecule is CC(=O)N1CCN(C(=O)c2ccc(S(=O)(=O)C3CCS(=O)(=O)C3)cc2)CC1. The fraction of sp³-hybridized carbons (Fsp3) is 0.529. The van der Waals surface area contributed by atoms with Gasteiger partial charge in [-0.25, -0.2) is 16.8 Å². The van der Waals surface area contributed by atoms with E-state index in [9.17, 15) is 26.4 Å². The minimum atomic E-state index is -3.74. The molecular formula is C17H22N2O6S2. The molecule has 0 radical (unpaired) electrons. The van der Waals surface area contributed by atoms with E-state index < -0.39 is 24.9 Å². The predicted octanol–water partition coefficient (Wildman–Crippen LogP) is -0.0483. The molecule has 148 valence electrons. The maximum Gasteiger partial charge on any atom is 0.253 e. The van der Waals surface area contributed by atoms with E-state index >= 15 is 0 Å². The third kappa shape index (κ3) is 4.16. The summed E-state index contributed by atoms with van der Waals surface area (Å²) in [6.07, 6.45) is 0.103. The van der Waals surface area contributed by atoms with Crippen molar-refractivity contribution in [3.05, 3.63) is 29.8 Å². The molecule has 0 aromatic heterocycles.